The summed E-state index contributed by atoms with van der Waals surface area (Å²) >= 11 is 0. The van der Waals surface area contributed by atoms with Gasteiger partial charge in [0.1, 0.15) is 6.61 Å². The second-order valence-electron chi connectivity index (χ2n) is 6.47. The van der Waals surface area contributed by atoms with Gasteiger partial charge in [0.2, 0.25) is 17.7 Å². The van der Waals surface area contributed by atoms with Crippen molar-refractivity contribution in [3.8, 4) is 0 Å². The first-order valence-corrected chi connectivity index (χ1v) is 8.44. The Hall–Kier alpha value is -1.47. The van der Waals surface area contributed by atoms with Crippen molar-refractivity contribution in [1.29, 1.82) is 0 Å². The summed E-state index contributed by atoms with van der Waals surface area (Å²) in [5.41, 5.74) is 0. The molecule has 23 heavy (non-hydrogen) atoms. The van der Waals surface area contributed by atoms with E-state index in [-0.39, 0.29) is 24.7 Å². The molecule has 3 rings (SSSR count). The molecule has 7 nitrogen and oxygen atoms in total. The first-order chi connectivity index (χ1) is 11.1. The molecule has 1 aromatic heterocycles. The lowest BCUT2D eigenvalue weighted by atomic mass is 9.88. The van der Waals surface area contributed by atoms with Gasteiger partial charge >= 0.3 is 0 Å². The molecule has 2 aliphatic rings. The Labute approximate surface area is 136 Å². The summed E-state index contributed by atoms with van der Waals surface area (Å²) in [5, 5.41) is 7.79. The molecule has 0 spiro atoms. The molecule has 7 heteroatoms. The van der Waals surface area contributed by atoms with Crippen LogP contribution in [0.2, 0.25) is 0 Å². The van der Waals surface area contributed by atoms with Gasteiger partial charge in [-0.15, -0.1) is 10.2 Å². The topological polar surface area (TPSA) is 77.7 Å². The van der Waals surface area contributed by atoms with Gasteiger partial charge in [0, 0.05) is 13.5 Å². The van der Waals surface area contributed by atoms with Crippen LogP contribution in [-0.4, -0.2) is 53.4 Å². The predicted molar refractivity (Wildman–Crippen MR) is 81.7 cm³/mol. The zero-order valence-corrected chi connectivity index (χ0v) is 13.9. The quantitative estimate of drug-likeness (QED) is 0.842. The predicted octanol–water partition coefficient (Wildman–Crippen LogP) is 1.87. The van der Waals surface area contributed by atoms with E-state index in [1.807, 2.05) is 0 Å². The van der Waals surface area contributed by atoms with Gasteiger partial charge in [-0.05, 0) is 18.8 Å². The first-order valence-electron chi connectivity index (χ1n) is 8.44. The minimum atomic E-state index is -0.345. The lowest BCUT2D eigenvalue weighted by Gasteiger charge is -2.33. The summed E-state index contributed by atoms with van der Waals surface area (Å²) < 4.78 is 16.9. The number of aryl methyl sites for hydroxylation is 1. The summed E-state index contributed by atoms with van der Waals surface area (Å²) in [6.07, 6.45) is 4.57. The average Bonchev–Trinajstić information content (AvgIpc) is 3.00. The van der Waals surface area contributed by atoms with E-state index in [1.54, 1.807) is 11.8 Å². The maximum atomic E-state index is 12.4. The van der Waals surface area contributed by atoms with E-state index in [4.69, 9.17) is 13.9 Å². The van der Waals surface area contributed by atoms with Crippen LogP contribution in [0, 0.1) is 12.8 Å². The molecule has 0 bridgehead atoms. The number of nitrogens with zero attached hydrogens (tertiary/aromatic N) is 3. The molecular formula is C16H25N3O4. The van der Waals surface area contributed by atoms with Crippen LogP contribution in [0.15, 0.2) is 4.42 Å². The van der Waals surface area contributed by atoms with Crippen molar-refractivity contribution in [2.24, 2.45) is 5.92 Å². The zero-order chi connectivity index (χ0) is 16.2. The average molecular weight is 323 g/mol. The van der Waals surface area contributed by atoms with E-state index in [9.17, 15) is 4.79 Å². The Bertz CT molecular complexity index is 533. The molecule has 0 N–H and O–H groups in total. The Morgan fingerprint density at radius 1 is 1.35 bits per heavy atom. The standard InChI is InChI=1S/C16H25N3O4/c1-11-5-3-4-6-13(11)22-10-15(20)19-7-8-21-14(9-19)16-18-17-12(2)23-16/h11,13-14H,3-10H2,1-2H3/t11-,13+,14-/m0/s1. The van der Waals surface area contributed by atoms with Crippen molar-refractivity contribution < 1.29 is 18.7 Å². The summed E-state index contributed by atoms with van der Waals surface area (Å²) in [7, 11) is 0. The molecule has 1 saturated carbocycles. The largest absolute Gasteiger partial charge is 0.423 e. The first kappa shape index (κ1) is 16.4. The second kappa shape index (κ2) is 7.40. The number of rotatable bonds is 4. The maximum Gasteiger partial charge on any atom is 0.248 e. The van der Waals surface area contributed by atoms with E-state index in [0.29, 0.717) is 37.4 Å². The molecule has 3 atom stereocenters. The summed E-state index contributed by atoms with van der Waals surface area (Å²) in [6.45, 7) is 5.57. The van der Waals surface area contributed by atoms with Gasteiger partial charge in [-0.1, -0.05) is 19.8 Å². The summed E-state index contributed by atoms with van der Waals surface area (Å²) in [5.74, 6) is 1.48. The molecule has 1 aromatic rings. The molecular weight excluding hydrogens is 298 g/mol. The fourth-order valence-electron chi connectivity index (χ4n) is 3.27. The minimum Gasteiger partial charge on any atom is -0.423 e. The van der Waals surface area contributed by atoms with Gasteiger partial charge in [0.25, 0.3) is 0 Å². The minimum absolute atomic E-state index is 0.00677. The third-order valence-electron chi connectivity index (χ3n) is 4.69. The van der Waals surface area contributed by atoms with E-state index in [1.165, 1.54) is 19.3 Å². The van der Waals surface area contributed by atoms with Crippen LogP contribution >= 0.6 is 0 Å². The normalized spacial score (nSPS) is 28.8. The number of ether oxygens (including phenoxy) is 2. The van der Waals surface area contributed by atoms with Crippen LogP contribution in [0.25, 0.3) is 0 Å². The molecule has 1 aliphatic carbocycles. The van der Waals surface area contributed by atoms with Crippen LogP contribution < -0.4 is 0 Å². The molecule has 1 aliphatic heterocycles. The highest BCUT2D eigenvalue weighted by Gasteiger charge is 2.30. The van der Waals surface area contributed by atoms with Crippen LogP contribution in [0.4, 0.5) is 0 Å². The number of carbonyl (C=O) groups excluding carboxylic acids is 1. The molecule has 0 unspecified atom stereocenters. The summed E-state index contributed by atoms with van der Waals surface area (Å²) in [6, 6.07) is 0. The molecule has 1 amide bonds. The highest BCUT2D eigenvalue weighted by molar-refractivity contribution is 5.77. The molecule has 0 radical (unpaired) electrons. The molecule has 2 heterocycles. The number of hydrogen-bond donors (Lipinski definition) is 0. The Morgan fingerprint density at radius 3 is 2.91 bits per heavy atom. The van der Waals surface area contributed by atoms with Gasteiger partial charge < -0.3 is 18.8 Å². The molecule has 2 fully saturated rings. The Kier molecular flexibility index (Phi) is 5.27. The van der Waals surface area contributed by atoms with E-state index >= 15 is 0 Å². The fourth-order valence-corrected chi connectivity index (χ4v) is 3.27. The monoisotopic (exact) mass is 323 g/mol. The van der Waals surface area contributed by atoms with Crippen LogP contribution in [0.1, 0.15) is 50.5 Å². The van der Waals surface area contributed by atoms with Gasteiger partial charge in [-0.3, -0.25) is 4.79 Å². The fraction of sp³-hybridized carbons (Fsp3) is 0.812. The number of morpholine rings is 1. The smallest absolute Gasteiger partial charge is 0.248 e. The van der Waals surface area contributed by atoms with Crippen molar-refractivity contribution in [2.75, 3.05) is 26.3 Å². The third kappa shape index (κ3) is 4.09. The van der Waals surface area contributed by atoms with Crippen LogP contribution in [0.3, 0.4) is 0 Å². The highest BCUT2D eigenvalue weighted by Crippen LogP contribution is 2.26. The van der Waals surface area contributed by atoms with Crippen molar-refractivity contribution in [3.63, 3.8) is 0 Å². The van der Waals surface area contributed by atoms with Gasteiger partial charge in [0.15, 0.2) is 6.10 Å². The van der Waals surface area contributed by atoms with E-state index in [0.717, 1.165) is 6.42 Å². The number of amides is 1. The highest BCUT2D eigenvalue weighted by atomic mass is 16.5. The third-order valence-corrected chi connectivity index (χ3v) is 4.69. The second-order valence-corrected chi connectivity index (χ2v) is 6.47. The lowest BCUT2D eigenvalue weighted by molar-refractivity contribution is -0.148. The number of hydrogen-bond acceptors (Lipinski definition) is 6. The van der Waals surface area contributed by atoms with Crippen molar-refractivity contribution >= 4 is 5.91 Å². The summed E-state index contributed by atoms with van der Waals surface area (Å²) in [4.78, 5) is 14.2. The van der Waals surface area contributed by atoms with Crippen LogP contribution in [0.5, 0.6) is 0 Å². The van der Waals surface area contributed by atoms with Gasteiger partial charge in [-0.2, -0.15) is 0 Å². The molecule has 128 valence electrons. The van der Waals surface area contributed by atoms with Crippen molar-refractivity contribution in [1.82, 2.24) is 15.1 Å². The van der Waals surface area contributed by atoms with E-state index < -0.39 is 0 Å². The van der Waals surface area contributed by atoms with Crippen molar-refractivity contribution in [3.05, 3.63) is 11.8 Å². The van der Waals surface area contributed by atoms with Crippen molar-refractivity contribution in [2.45, 2.75) is 51.7 Å². The van der Waals surface area contributed by atoms with E-state index in [2.05, 4.69) is 17.1 Å². The van der Waals surface area contributed by atoms with Gasteiger partial charge in [0.05, 0.1) is 19.3 Å². The number of carbonyl (C=O) groups is 1. The molecule has 1 saturated heterocycles. The maximum absolute atomic E-state index is 12.4. The Balaban J connectivity index is 1.50. The zero-order valence-electron chi connectivity index (χ0n) is 13.9. The lowest BCUT2D eigenvalue weighted by Crippen LogP contribution is -2.44. The SMILES string of the molecule is Cc1nnc([C@@H]2CN(C(=O)CO[C@@H]3CCCC[C@@H]3C)CCO2)o1. The number of aromatic nitrogens is 2. The van der Waals surface area contributed by atoms with Gasteiger partial charge in [-0.25, -0.2) is 0 Å². The molecule has 0 aromatic carbocycles. The van der Waals surface area contributed by atoms with Crippen LogP contribution in [-0.2, 0) is 14.3 Å². The Morgan fingerprint density at radius 2 is 2.17 bits per heavy atom.